The van der Waals surface area contributed by atoms with E-state index in [0.29, 0.717) is 28.5 Å². The lowest BCUT2D eigenvalue weighted by atomic mass is 10.0. The summed E-state index contributed by atoms with van der Waals surface area (Å²) in [5.74, 6) is 0.475. The van der Waals surface area contributed by atoms with Gasteiger partial charge in [0.05, 0.1) is 29.4 Å². The Morgan fingerprint density at radius 2 is 1.83 bits per heavy atom. The van der Waals surface area contributed by atoms with Gasteiger partial charge in [-0.05, 0) is 61.6 Å². The van der Waals surface area contributed by atoms with Gasteiger partial charge >= 0.3 is 6.18 Å². The molecular formula is C25H22F3N7O. The Hall–Kier alpha value is -4.15. The second-order valence-electron chi connectivity index (χ2n) is 8.65. The number of aromatic nitrogens is 5. The molecule has 0 saturated carbocycles. The lowest BCUT2D eigenvalue weighted by molar-refractivity contribution is -0.137. The van der Waals surface area contributed by atoms with Crippen molar-refractivity contribution in [2.75, 3.05) is 5.73 Å². The standard InChI is InChI=1S/C25H22F3N7O/c1-14(22-30-8-3-9-31-22)35(13-17-7-6-16(12-32-17)25(26,27)28)24(36)15-10-20-18-4-2-5-19(18)21(29)34-23(20)33-11-15/h3,6-12,14H,2,4-5,13H2,1H3,(H2,29,33,34). The van der Waals surface area contributed by atoms with Crippen molar-refractivity contribution in [2.24, 2.45) is 0 Å². The van der Waals surface area contributed by atoms with E-state index in [2.05, 4.69) is 24.9 Å². The van der Waals surface area contributed by atoms with Gasteiger partial charge in [-0.1, -0.05) is 0 Å². The molecule has 1 aliphatic rings. The van der Waals surface area contributed by atoms with E-state index in [0.717, 1.165) is 48.0 Å². The van der Waals surface area contributed by atoms with Gasteiger partial charge in [0.1, 0.15) is 11.6 Å². The molecule has 5 rings (SSSR count). The molecule has 4 heterocycles. The van der Waals surface area contributed by atoms with Gasteiger partial charge in [-0.2, -0.15) is 13.2 Å². The number of fused-ring (bicyclic) bond motifs is 3. The van der Waals surface area contributed by atoms with Crippen molar-refractivity contribution in [2.45, 2.75) is 44.9 Å². The Labute approximate surface area is 204 Å². The molecule has 11 heteroatoms. The molecule has 0 bridgehead atoms. The van der Waals surface area contributed by atoms with E-state index in [1.807, 2.05) is 0 Å². The molecule has 0 aliphatic heterocycles. The summed E-state index contributed by atoms with van der Waals surface area (Å²) in [7, 11) is 0. The number of aryl methyl sites for hydroxylation is 1. The molecular weight excluding hydrogens is 471 g/mol. The first kappa shape index (κ1) is 23.6. The second kappa shape index (κ2) is 9.14. The first-order valence-electron chi connectivity index (χ1n) is 11.4. The van der Waals surface area contributed by atoms with Crippen LogP contribution in [-0.4, -0.2) is 35.7 Å². The molecule has 36 heavy (non-hydrogen) atoms. The number of halogens is 3. The van der Waals surface area contributed by atoms with Crippen LogP contribution in [0.5, 0.6) is 0 Å². The van der Waals surface area contributed by atoms with Crippen LogP contribution in [0.2, 0.25) is 0 Å². The Bertz CT molecular complexity index is 1430. The molecule has 8 nitrogen and oxygen atoms in total. The number of hydrogen-bond acceptors (Lipinski definition) is 7. The number of anilines is 1. The number of hydrogen-bond donors (Lipinski definition) is 1. The van der Waals surface area contributed by atoms with Gasteiger partial charge in [-0.3, -0.25) is 9.78 Å². The highest BCUT2D eigenvalue weighted by atomic mass is 19.4. The lowest BCUT2D eigenvalue weighted by Crippen LogP contribution is -2.34. The molecule has 4 aromatic rings. The van der Waals surface area contributed by atoms with Crippen LogP contribution in [0.25, 0.3) is 11.0 Å². The highest BCUT2D eigenvalue weighted by Gasteiger charge is 2.31. The van der Waals surface area contributed by atoms with E-state index >= 15 is 0 Å². The normalized spacial score (nSPS) is 14.0. The number of nitrogens with two attached hydrogens (primary N) is 1. The maximum atomic E-state index is 13.8. The zero-order valence-electron chi connectivity index (χ0n) is 19.3. The molecule has 0 radical (unpaired) electrons. The van der Waals surface area contributed by atoms with Gasteiger partial charge in [0.2, 0.25) is 0 Å². The van der Waals surface area contributed by atoms with E-state index in [4.69, 9.17) is 5.73 Å². The van der Waals surface area contributed by atoms with Crippen LogP contribution in [-0.2, 0) is 25.6 Å². The molecule has 0 fully saturated rings. The topological polar surface area (TPSA) is 111 Å². The summed E-state index contributed by atoms with van der Waals surface area (Å²) >= 11 is 0. The zero-order valence-corrected chi connectivity index (χ0v) is 19.3. The summed E-state index contributed by atoms with van der Waals surface area (Å²) in [6.07, 6.45) is 3.43. The fourth-order valence-electron chi connectivity index (χ4n) is 4.47. The molecule has 1 aliphatic carbocycles. The third-order valence-electron chi connectivity index (χ3n) is 6.36. The van der Waals surface area contributed by atoms with Gasteiger partial charge < -0.3 is 10.6 Å². The number of carbonyl (C=O) groups is 1. The zero-order chi connectivity index (χ0) is 25.4. The van der Waals surface area contributed by atoms with Gasteiger partial charge in [0, 0.05) is 30.2 Å². The van der Waals surface area contributed by atoms with Crippen molar-refractivity contribution in [1.29, 1.82) is 0 Å². The van der Waals surface area contributed by atoms with E-state index in [-0.39, 0.29) is 12.5 Å². The Balaban J connectivity index is 1.53. The number of pyridine rings is 3. The van der Waals surface area contributed by atoms with Crippen LogP contribution >= 0.6 is 0 Å². The summed E-state index contributed by atoms with van der Waals surface area (Å²) in [5, 5.41) is 0.777. The van der Waals surface area contributed by atoms with Gasteiger partial charge in [0.15, 0.2) is 5.65 Å². The van der Waals surface area contributed by atoms with E-state index in [1.165, 1.54) is 17.2 Å². The number of amides is 1. The molecule has 2 N–H and O–H groups in total. The van der Waals surface area contributed by atoms with Gasteiger partial charge in [-0.15, -0.1) is 0 Å². The molecule has 4 aromatic heterocycles. The van der Waals surface area contributed by atoms with Crippen LogP contribution in [0.1, 0.15) is 58.0 Å². The fraction of sp³-hybridized carbons (Fsp3) is 0.280. The van der Waals surface area contributed by atoms with E-state index < -0.39 is 17.8 Å². The minimum absolute atomic E-state index is 0.0491. The molecule has 0 saturated heterocycles. The average Bonchev–Trinajstić information content (AvgIpc) is 3.38. The summed E-state index contributed by atoms with van der Waals surface area (Å²) in [6.45, 7) is 1.71. The van der Waals surface area contributed by atoms with E-state index in [9.17, 15) is 18.0 Å². The van der Waals surface area contributed by atoms with Crippen LogP contribution in [0.15, 0.2) is 49.1 Å². The molecule has 1 unspecified atom stereocenters. The Morgan fingerprint density at radius 1 is 1.08 bits per heavy atom. The molecule has 1 atom stereocenters. The van der Waals surface area contributed by atoms with Crippen LogP contribution < -0.4 is 5.73 Å². The summed E-state index contributed by atoms with van der Waals surface area (Å²) in [4.78, 5) is 36.5. The summed E-state index contributed by atoms with van der Waals surface area (Å²) < 4.78 is 39.0. The van der Waals surface area contributed by atoms with Gasteiger partial charge in [-0.25, -0.2) is 19.9 Å². The van der Waals surface area contributed by atoms with E-state index in [1.54, 1.807) is 31.5 Å². The minimum Gasteiger partial charge on any atom is -0.383 e. The maximum absolute atomic E-state index is 13.8. The third kappa shape index (κ3) is 4.43. The SMILES string of the molecule is CC(c1ncccn1)N(Cc1ccc(C(F)(F)F)cn1)C(=O)c1cnc2nc(N)c3c(c2c1)CCC3. The Morgan fingerprint density at radius 3 is 2.53 bits per heavy atom. The summed E-state index contributed by atoms with van der Waals surface area (Å²) in [5.41, 5.74) is 8.36. The smallest absolute Gasteiger partial charge is 0.383 e. The van der Waals surface area contributed by atoms with Crippen LogP contribution in [0.3, 0.4) is 0 Å². The van der Waals surface area contributed by atoms with Gasteiger partial charge in [0.25, 0.3) is 5.91 Å². The second-order valence-corrected chi connectivity index (χ2v) is 8.65. The number of alkyl halides is 3. The maximum Gasteiger partial charge on any atom is 0.417 e. The first-order valence-corrected chi connectivity index (χ1v) is 11.4. The van der Waals surface area contributed by atoms with Crippen LogP contribution in [0, 0.1) is 0 Å². The number of carbonyl (C=O) groups excluding carboxylic acids is 1. The highest BCUT2D eigenvalue weighted by Crippen LogP contribution is 2.33. The number of nitrogen functional groups attached to an aromatic ring is 1. The van der Waals surface area contributed by atoms with Crippen molar-refractivity contribution in [3.63, 3.8) is 0 Å². The Kier molecular flexibility index (Phi) is 5.99. The van der Waals surface area contributed by atoms with Crippen LogP contribution in [0.4, 0.5) is 19.0 Å². The third-order valence-corrected chi connectivity index (χ3v) is 6.36. The number of nitrogens with zero attached hydrogens (tertiary/aromatic N) is 6. The molecule has 0 spiro atoms. The minimum atomic E-state index is -4.50. The van der Waals surface area contributed by atoms with Crippen molar-refractivity contribution in [1.82, 2.24) is 29.8 Å². The van der Waals surface area contributed by atoms with Crippen molar-refractivity contribution >= 4 is 22.8 Å². The molecule has 184 valence electrons. The fourth-order valence-corrected chi connectivity index (χ4v) is 4.47. The van der Waals surface area contributed by atoms with Crippen molar-refractivity contribution in [3.8, 4) is 0 Å². The highest BCUT2D eigenvalue weighted by molar-refractivity contribution is 5.98. The predicted molar refractivity (Wildman–Crippen MR) is 126 cm³/mol. The molecule has 0 aromatic carbocycles. The van der Waals surface area contributed by atoms with Crippen molar-refractivity contribution in [3.05, 3.63) is 82.8 Å². The monoisotopic (exact) mass is 493 g/mol. The summed E-state index contributed by atoms with van der Waals surface area (Å²) in [6, 6.07) is 5.04. The largest absolute Gasteiger partial charge is 0.417 e. The lowest BCUT2D eigenvalue weighted by Gasteiger charge is -2.28. The average molecular weight is 493 g/mol. The molecule has 1 amide bonds. The number of rotatable bonds is 5. The first-order chi connectivity index (χ1) is 17.2. The predicted octanol–water partition coefficient (Wildman–Crippen LogP) is 4.31. The van der Waals surface area contributed by atoms with Crippen molar-refractivity contribution < 1.29 is 18.0 Å². The quantitative estimate of drug-likeness (QED) is 0.441.